The summed E-state index contributed by atoms with van der Waals surface area (Å²) >= 11 is 0. The summed E-state index contributed by atoms with van der Waals surface area (Å²) in [5, 5.41) is 1.42. The van der Waals surface area contributed by atoms with Crippen LogP contribution in [0.1, 0.15) is 36.9 Å². The second-order valence-corrected chi connectivity index (χ2v) is 6.51. The van der Waals surface area contributed by atoms with Crippen molar-refractivity contribution in [3.05, 3.63) is 96.1 Å². The Morgan fingerprint density at radius 2 is 1.46 bits per heavy atom. The van der Waals surface area contributed by atoms with Crippen molar-refractivity contribution in [3.63, 3.8) is 0 Å². The Labute approximate surface area is 166 Å². The first-order valence-electron chi connectivity index (χ1n) is 9.53. The van der Waals surface area contributed by atoms with Gasteiger partial charge >= 0.3 is 0 Å². The van der Waals surface area contributed by atoms with Gasteiger partial charge in [0.2, 0.25) is 6.41 Å². The van der Waals surface area contributed by atoms with Crippen molar-refractivity contribution < 1.29 is 14.4 Å². The molecule has 0 radical (unpaired) electrons. The lowest BCUT2D eigenvalue weighted by Crippen LogP contribution is -2.27. The topological polar surface area (TPSA) is 38.8 Å². The quantitative estimate of drug-likeness (QED) is 0.327. The van der Waals surface area contributed by atoms with Gasteiger partial charge in [-0.1, -0.05) is 74.0 Å². The fourth-order valence-electron chi connectivity index (χ4n) is 3.01. The third-order valence-electron chi connectivity index (χ3n) is 4.44. The van der Waals surface area contributed by atoms with Crippen LogP contribution in [0.5, 0.6) is 11.5 Å². The van der Waals surface area contributed by atoms with E-state index in [2.05, 4.69) is 6.92 Å². The van der Waals surface area contributed by atoms with Crippen LogP contribution in [-0.2, 0) is 16.2 Å². The third kappa shape index (κ3) is 5.44. The van der Waals surface area contributed by atoms with Gasteiger partial charge in [-0.25, -0.2) is 5.06 Å². The van der Waals surface area contributed by atoms with Crippen LogP contribution >= 0.6 is 0 Å². The summed E-state index contributed by atoms with van der Waals surface area (Å²) in [5.74, 6) is 1.55. The van der Waals surface area contributed by atoms with Gasteiger partial charge in [-0.3, -0.25) is 9.63 Å². The fraction of sp³-hybridized carbons (Fsp3) is 0.208. The average Bonchev–Trinajstić information content (AvgIpc) is 2.75. The van der Waals surface area contributed by atoms with E-state index in [4.69, 9.17) is 9.57 Å². The molecule has 0 spiro atoms. The SMILES string of the molecule is CCCC(c1ccc(Oc2ccccc2)cc1)N(C=O)OCc1ccccc1. The Morgan fingerprint density at radius 1 is 0.857 bits per heavy atom. The first kappa shape index (κ1) is 19.6. The molecule has 28 heavy (non-hydrogen) atoms. The number of rotatable bonds is 10. The van der Waals surface area contributed by atoms with Crippen LogP contribution in [0.15, 0.2) is 84.9 Å². The maximum atomic E-state index is 11.7. The van der Waals surface area contributed by atoms with Gasteiger partial charge < -0.3 is 4.74 Å². The number of para-hydroxylation sites is 1. The first-order chi connectivity index (χ1) is 13.8. The fourth-order valence-corrected chi connectivity index (χ4v) is 3.01. The number of hydrogen-bond donors (Lipinski definition) is 0. The van der Waals surface area contributed by atoms with E-state index in [0.29, 0.717) is 6.61 Å². The first-order valence-corrected chi connectivity index (χ1v) is 9.53. The number of nitrogens with zero attached hydrogens (tertiary/aromatic N) is 1. The molecule has 0 saturated carbocycles. The highest BCUT2D eigenvalue weighted by atomic mass is 16.7. The largest absolute Gasteiger partial charge is 0.457 e. The number of carbonyl (C=O) groups excluding carboxylic acids is 1. The molecule has 3 rings (SSSR count). The Balaban J connectivity index is 1.69. The number of amides is 1. The highest BCUT2D eigenvalue weighted by Crippen LogP contribution is 2.29. The summed E-state index contributed by atoms with van der Waals surface area (Å²) in [4.78, 5) is 17.5. The Bertz CT molecular complexity index is 835. The molecule has 3 aromatic carbocycles. The van der Waals surface area contributed by atoms with E-state index in [1.165, 1.54) is 5.06 Å². The molecule has 0 N–H and O–H groups in total. The summed E-state index contributed by atoms with van der Waals surface area (Å²) < 4.78 is 5.85. The highest BCUT2D eigenvalue weighted by molar-refractivity contribution is 5.47. The van der Waals surface area contributed by atoms with Gasteiger partial charge in [0.1, 0.15) is 18.1 Å². The minimum absolute atomic E-state index is 0.142. The van der Waals surface area contributed by atoms with Crippen LogP contribution in [0.3, 0.4) is 0 Å². The number of benzene rings is 3. The molecule has 1 unspecified atom stereocenters. The Hall–Kier alpha value is -3.11. The molecule has 0 aliphatic heterocycles. The van der Waals surface area contributed by atoms with Crippen LogP contribution in [-0.4, -0.2) is 11.5 Å². The summed E-state index contributed by atoms with van der Waals surface area (Å²) in [6.07, 6.45) is 2.51. The van der Waals surface area contributed by atoms with Crippen LogP contribution in [0, 0.1) is 0 Å². The standard InChI is InChI=1S/C24H25NO3/c1-2-9-24(25(19-26)27-18-20-10-5-3-6-11-20)21-14-16-23(17-15-21)28-22-12-7-4-8-13-22/h3-8,10-17,19,24H,2,9,18H2,1H3. The molecule has 1 atom stereocenters. The molecule has 0 saturated heterocycles. The van der Waals surface area contributed by atoms with Gasteiger partial charge in [-0.2, -0.15) is 0 Å². The predicted octanol–water partition coefficient (Wildman–Crippen LogP) is 5.91. The van der Waals surface area contributed by atoms with Crippen molar-refractivity contribution in [2.45, 2.75) is 32.4 Å². The minimum atomic E-state index is -0.142. The number of hydroxylamine groups is 2. The van der Waals surface area contributed by atoms with Crippen molar-refractivity contribution in [1.29, 1.82) is 0 Å². The van der Waals surface area contributed by atoms with Crippen molar-refractivity contribution in [2.24, 2.45) is 0 Å². The zero-order valence-corrected chi connectivity index (χ0v) is 16.0. The van der Waals surface area contributed by atoms with E-state index in [0.717, 1.165) is 41.9 Å². The molecule has 1 amide bonds. The summed E-state index contributed by atoms with van der Waals surface area (Å²) in [6.45, 7) is 2.45. The highest BCUT2D eigenvalue weighted by Gasteiger charge is 2.19. The van der Waals surface area contributed by atoms with E-state index in [1.54, 1.807) is 0 Å². The number of ether oxygens (including phenoxy) is 1. The number of hydrogen-bond acceptors (Lipinski definition) is 3. The molecular formula is C24H25NO3. The molecule has 4 nitrogen and oxygen atoms in total. The molecule has 0 aliphatic rings. The molecule has 0 heterocycles. The lowest BCUT2D eigenvalue weighted by atomic mass is 10.0. The molecule has 0 aromatic heterocycles. The van der Waals surface area contributed by atoms with Crippen LogP contribution in [0.25, 0.3) is 0 Å². The second kappa shape index (κ2) is 10.3. The smallest absolute Gasteiger partial charge is 0.233 e. The summed E-state index contributed by atoms with van der Waals surface area (Å²) in [7, 11) is 0. The monoisotopic (exact) mass is 375 g/mol. The minimum Gasteiger partial charge on any atom is -0.457 e. The maximum Gasteiger partial charge on any atom is 0.233 e. The van der Waals surface area contributed by atoms with Gasteiger partial charge in [0.15, 0.2) is 0 Å². The van der Waals surface area contributed by atoms with Crippen molar-refractivity contribution in [3.8, 4) is 11.5 Å². The van der Waals surface area contributed by atoms with Gasteiger partial charge in [-0.05, 0) is 41.8 Å². The van der Waals surface area contributed by atoms with Gasteiger partial charge in [0, 0.05) is 0 Å². The molecule has 4 heteroatoms. The lowest BCUT2D eigenvalue weighted by Gasteiger charge is -2.27. The van der Waals surface area contributed by atoms with Crippen LogP contribution in [0.4, 0.5) is 0 Å². The third-order valence-corrected chi connectivity index (χ3v) is 4.44. The van der Waals surface area contributed by atoms with Gasteiger partial charge in [-0.15, -0.1) is 0 Å². The Morgan fingerprint density at radius 3 is 2.07 bits per heavy atom. The van der Waals surface area contributed by atoms with E-state index in [1.807, 2.05) is 84.9 Å². The number of carbonyl (C=O) groups is 1. The molecule has 144 valence electrons. The summed E-state index contributed by atoms with van der Waals surface area (Å²) in [6, 6.07) is 27.2. The van der Waals surface area contributed by atoms with Crippen molar-refractivity contribution >= 4 is 6.41 Å². The van der Waals surface area contributed by atoms with E-state index >= 15 is 0 Å². The predicted molar refractivity (Wildman–Crippen MR) is 110 cm³/mol. The van der Waals surface area contributed by atoms with Crippen molar-refractivity contribution in [2.75, 3.05) is 0 Å². The molecule has 3 aromatic rings. The average molecular weight is 375 g/mol. The van der Waals surface area contributed by atoms with Gasteiger partial charge in [0.25, 0.3) is 0 Å². The van der Waals surface area contributed by atoms with Crippen molar-refractivity contribution in [1.82, 2.24) is 5.06 Å². The second-order valence-electron chi connectivity index (χ2n) is 6.51. The van der Waals surface area contributed by atoms with E-state index in [9.17, 15) is 4.79 Å². The molecule has 0 aliphatic carbocycles. The van der Waals surface area contributed by atoms with Crippen LogP contribution in [0.2, 0.25) is 0 Å². The molecule has 0 bridgehead atoms. The van der Waals surface area contributed by atoms with E-state index < -0.39 is 0 Å². The van der Waals surface area contributed by atoms with Gasteiger partial charge in [0.05, 0.1) is 6.04 Å². The summed E-state index contributed by atoms with van der Waals surface area (Å²) in [5.41, 5.74) is 2.04. The molecular weight excluding hydrogens is 350 g/mol. The zero-order valence-electron chi connectivity index (χ0n) is 16.0. The normalized spacial score (nSPS) is 11.6. The van der Waals surface area contributed by atoms with E-state index in [-0.39, 0.29) is 6.04 Å². The lowest BCUT2D eigenvalue weighted by molar-refractivity contribution is -0.194. The molecule has 0 fully saturated rings. The van der Waals surface area contributed by atoms with Crippen LogP contribution < -0.4 is 4.74 Å². The zero-order chi connectivity index (χ0) is 19.6. The maximum absolute atomic E-state index is 11.7. The Kier molecular flexibility index (Phi) is 7.21.